The molecule has 69 heavy (non-hydrogen) atoms. The SMILES string of the molecule is CC(=O)N[C@@H](Cc1cc(F)cc(F)c1)[C@H](N)CNC1(C)CCOc2ccc(CC(C)(C)C)cc21.CC(=O)N[C@@H](Cc1cc(F)cc(F)c1)[C@H](N)CN[C@H]1CCOc2ccc(CC3CCCCC3)cc21. The number of carbonyl (C=O) groups excluding carboxylic acids is 2. The number of ether oxygens (including phenoxy) is 2. The molecule has 4 aromatic carbocycles. The maximum Gasteiger partial charge on any atom is 0.217 e. The monoisotopic (exact) mass is 959 g/mol. The summed E-state index contributed by atoms with van der Waals surface area (Å²) in [6.45, 7) is 13.7. The summed E-state index contributed by atoms with van der Waals surface area (Å²) in [7, 11) is 0. The van der Waals surface area contributed by atoms with Gasteiger partial charge in [0.1, 0.15) is 34.8 Å². The highest BCUT2D eigenvalue weighted by Gasteiger charge is 2.35. The van der Waals surface area contributed by atoms with Crippen LogP contribution in [0, 0.1) is 34.6 Å². The van der Waals surface area contributed by atoms with E-state index < -0.39 is 47.4 Å². The molecule has 0 radical (unpaired) electrons. The van der Waals surface area contributed by atoms with Gasteiger partial charge >= 0.3 is 0 Å². The Labute approximate surface area is 406 Å². The largest absolute Gasteiger partial charge is 0.493 e. The van der Waals surface area contributed by atoms with E-state index in [1.165, 1.54) is 81.3 Å². The molecule has 0 saturated heterocycles. The van der Waals surface area contributed by atoms with Gasteiger partial charge in [0, 0.05) is 98.8 Å². The summed E-state index contributed by atoms with van der Waals surface area (Å²) in [4.78, 5) is 23.6. The van der Waals surface area contributed by atoms with E-state index in [1.807, 2.05) is 6.07 Å². The third-order valence-electron chi connectivity index (χ3n) is 13.5. The second-order valence-electron chi connectivity index (χ2n) is 21.0. The molecule has 0 spiro atoms. The first kappa shape index (κ1) is 53.3. The molecule has 0 bridgehead atoms. The van der Waals surface area contributed by atoms with Gasteiger partial charge in [0.25, 0.3) is 0 Å². The molecule has 3 aliphatic rings. The number of benzene rings is 4. The van der Waals surface area contributed by atoms with E-state index in [4.69, 9.17) is 20.9 Å². The van der Waals surface area contributed by atoms with E-state index >= 15 is 0 Å². The third kappa shape index (κ3) is 16.3. The van der Waals surface area contributed by atoms with Crippen LogP contribution in [0.1, 0.15) is 126 Å². The van der Waals surface area contributed by atoms with Gasteiger partial charge in [0.15, 0.2) is 0 Å². The average Bonchev–Trinajstić information content (AvgIpc) is 3.26. The average molecular weight is 959 g/mol. The molecule has 1 saturated carbocycles. The number of rotatable bonds is 17. The zero-order chi connectivity index (χ0) is 49.9. The van der Waals surface area contributed by atoms with Gasteiger partial charge in [-0.2, -0.15) is 0 Å². The van der Waals surface area contributed by atoms with Crippen molar-refractivity contribution in [3.8, 4) is 11.5 Å². The summed E-state index contributed by atoms with van der Waals surface area (Å²) < 4.78 is 66.5. The van der Waals surface area contributed by atoms with Crippen LogP contribution >= 0.6 is 0 Å². The molecule has 6 atom stereocenters. The lowest BCUT2D eigenvalue weighted by atomic mass is 9.82. The van der Waals surface area contributed by atoms with Crippen molar-refractivity contribution in [1.29, 1.82) is 0 Å². The summed E-state index contributed by atoms with van der Waals surface area (Å²) in [5.74, 6) is -0.534. The molecule has 2 heterocycles. The molecule has 7 rings (SSSR count). The van der Waals surface area contributed by atoms with Crippen molar-refractivity contribution in [2.75, 3.05) is 26.3 Å². The molecule has 0 aromatic heterocycles. The maximum atomic E-state index is 13.7. The highest BCUT2D eigenvalue weighted by molar-refractivity contribution is 5.73. The Morgan fingerprint density at radius 1 is 0.681 bits per heavy atom. The first-order chi connectivity index (χ1) is 32.7. The van der Waals surface area contributed by atoms with Crippen LogP contribution in [0.2, 0.25) is 0 Å². The van der Waals surface area contributed by atoms with E-state index in [1.54, 1.807) is 0 Å². The minimum absolute atomic E-state index is 0.0979. The van der Waals surface area contributed by atoms with Crippen molar-refractivity contribution in [2.24, 2.45) is 22.8 Å². The molecular formula is C55H74F4N6O4. The smallest absolute Gasteiger partial charge is 0.217 e. The lowest BCUT2D eigenvalue weighted by molar-refractivity contribution is -0.120. The Kier molecular flexibility index (Phi) is 18.7. The fraction of sp³-hybridized carbons (Fsp3) is 0.527. The normalized spacial score (nSPS) is 19.8. The van der Waals surface area contributed by atoms with Crippen molar-refractivity contribution in [3.63, 3.8) is 0 Å². The second kappa shape index (κ2) is 24.2. The fourth-order valence-electron chi connectivity index (χ4n) is 10.1. The predicted octanol–water partition coefficient (Wildman–Crippen LogP) is 8.79. The second-order valence-corrected chi connectivity index (χ2v) is 21.0. The van der Waals surface area contributed by atoms with Crippen LogP contribution in [0.25, 0.3) is 0 Å². The Bertz CT molecular complexity index is 2310. The quantitative estimate of drug-likeness (QED) is 0.0575. The molecule has 1 fully saturated rings. The fourth-order valence-corrected chi connectivity index (χ4v) is 10.1. The van der Waals surface area contributed by atoms with E-state index in [9.17, 15) is 27.2 Å². The van der Waals surface area contributed by atoms with E-state index in [0.29, 0.717) is 37.4 Å². The number of carbonyl (C=O) groups is 2. The van der Waals surface area contributed by atoms with Gasteiger partial charge in [0.05, 0.1) is 13.2 Å². The zero-order valence-electron chi connectivity index (χ0n) is 41.3. The predicted molar refractivity (Wildman–Crippen MR) is 264 cm³/mol. The van der Waals surface area contributed by atoms with Crippen LogP contribution in [0.4, 0.5) is 17.6 Å². The maximum absolute atomic E-state index is 13.7. The molecule has 1 unspecified atom stereocenters. The molecule has 2 amide bonds. The number of nitrogens with two attached hydrogens (primary N) is 2. The van der Waals surface area contributed by atoms with E-state index in [-0.39, 0.29) is 41.7 Å². The van der Waals surface area contributed by atoms with Crippen LogP contribution in [0.3, 0.4) is 0 Å². The van der Waals surface area contributed by atoms with Crippen LogP contribution in [-0.4, -0.2) is 62.3 Å². The summed E-state index contributed by atoms with van der Waals surface area (Å²) >= 11 is 0. The Balaban J connectivity index is 0.000000227. The van der Waals surface area contributed by atoms with Gasteiger partial charge in [-0.3, -0.25) is 9.59 Å². The first-order valence-electron chi connectivity index (χ1n) is 24.7. The van der Waals surface area contributed by atoms with Crippen molar-refractivity contribution in [1.82, 2.24) is 21.3 Å². The number of hydrogen-bond donors (Lipinski definition) is 6. The van der Waals surface area contributed by atoms with Gasteiger partial charge in [0.2, 0.25) is 11.8 Å². The van der Waals surface area contributed by atoms with Gasteiger partial charge in [-0.25, -0.2) is 17.6 Å². The minimum Gasteiger partial charge on any atom is -0.493 e. The third-order valence-corrected chi connectivity index (χ3v) is 13.5. The van der Waals surface area contributed by atoms with E-state index in [2.05, 4.69) is 79.3 Å². The number of halogens is 4. The van der Waals surface area contributed by atoms with Gasteiger partial charge in [-0.05, 0) is 103 Å². The van der Waals surface area contributed by atoms with Crippen molar-refractivity contribution in [2.45, 2.75) is 148 Å². The molecule has 14 heteroatoms. The molecule has 1 aliphatic carbocycles. The Morgan fingerprint density at radius 2 is 1.22 bits per heavy atom. The molecule has 8 N–H and O–H groups in total. The lowest BCUT2D eigenvalue weighted by Crippen LogP contribution is -2.56. The highest BCUT2D eigenvalue weighted by atomic mass is 19.1. The number of fused-ring (bicyclic) bond motifs is 2. The standard InChI is InChI=1S/C28H37F2N3O2.C27H37F2N3O2/c1-18(34)33-27(15-21-12-22(29)16-23(30)13-21)25(31)17-32-26-9-10-35-28-8-7-20(14-24(26)28)11-19-5-3-2-4-6-19;1-17(33)32-24(13-19-10-20(28)14-21(29)11-19)23(30)16-31-27(5)8-9-34-25-7-6-18(12-22(25)27)15-26(2,3)4/h7-8,12-14,16,19,25-27,32H,2-6,9-11,15,17,31H2,1H3,(H,33,34);6-7,10-12,14,23-24,31H,8-9,13,15-16,30H2,1-5H3,(H,32,33)/t25-,26+,27+;23-,24+,27?/m11/s1. The van der Waals surface area contributed by atoms with E-state index in [0.717, 1.165) is 66.4 Å². The van der Waals surface area contributed by atoms with Crippen molar-refractivity contribution >= 4 is 11.8 Å². The zero-order valence-corrected chi connectivity index (χ0v) is 41.3. The molecule has 10 nitrogen and oxygen atoms in total. The molecule has 4 aromatic rings. The van der Waals surface area contributed by atoms with Gasteiger partial charge in [-0.1, -0.05) is 77.1 Å². The summed E-state index contributed by atoms with van der Waals surface area (Å²) in [5.41, 5.74) is 18.5. The Hall–Kier alpha value is -5.02. The van der Waals surface area contributed by atoms with Crippen LogP contribution in [0.15, 0.2) is 72.8 Å². The van der Waals surface area contributed by atoms with Gasteiger partial charge in [-0.15, -0.1) is 0 Å². The first-order valence-corrected chi connectivity index (χ1v) is 24.7. The number of nitrogens with one attached hydrogen (secondary N) is 4. The van der Waals surface area contributed by atoms with Crippen LogP contribution < -0.4 is 42.2 Å². The van der Waals surface area contributed by atoms with Crippen LogP contribution in [-0.2, 0) is 40.8 Å². The lowest BCUT2D eigenvalue weighted by Gasteiger charge is -2.39. The number of amides is 2. The summed E-state index contributed by atoms with van der Waals surface area (Å²) in [5, 5.41) is 12.9. The molecular weight excluding hydrogens is 885 g/mol. The van der Waals surface area contributed by atoms with Crippen molar-refractivity contribution < 1.29 is 36.6 Å². The summed E-state index contributed by atoms with van der Waals surface area (Å²) in [6, 6.07) is 17.9. The molecule has 376 valence electrons. The highest BCUT2D eigenvalue weighted by Crippen LogP contribution is 2.39. The Morgan fingerprint density at radius 3 is 1.78 bits per heavy atom. The summed E-state index contributed by atoms with van der Waals surface area (Å²) in [6.07, 6.45) is 10.8. The van der Waals surface area contributed by atoms with Gasteiger partial charge < -0.3 is 42.2 Å². The minimum atomic E-state index is -0.652. The van der Waals surface area contributed by atoms with Crippen LogP contribution in [0.5, 0.6) is 11.5 Å². The topological polar surface area (TPSA) is 153 Å². The molecule has 2 aliphatic heterocycles. The van der Waals surface area contributed by atoms with Crippen molar-refractivity contribution in [3.05, 3.63) is 129 Å². The number of hydrogen-bond acceptors (Lipinski definition) is 8.